The molecule has 0 fully saturated rings. The van der Waals surface area contributed by atoms with Crippen molar-refractivity contribution in [1.29, 1.82) is 0 Å². The van der Waals surface area contributed by atoms with Gasteiger partial charge in [0, 0.05) is 0 Å². The maximum Gasteiger partial charge on any atom is -1.00 e. The Hall–Kier alpha value is -0.440. The van der Waals surface area contributed by atoms with Crippen LogP contribution >= 0.6 is 0 Å². The molecule has 5 heteroatoms. The van der Waals surface area contributed by atoms with Crippen LogP contribution in [0, 0.1) is 0 Å². The topological polar surface area (TPSA) is 20.2 Å². The molecule has 0 amide bonds. The zero-order valence-electron chi connectivity index (χ0n) is 15.4. The summed E-state index contributed by atoms with van der Waals surface area (Å²) in [4.78, 5) is 0. The fraction of sp³-hybridized carbons (Fsp3) is 0.273. The van der Waals surface area contributed by atoms with E-state index in [1.807, 2.05) is 0 Å². The Kier molecular flexibility index (Phi) is 5.85. The molecule has 0 saturated heterocycles. The van der Waals surface area contributed by atoms with E-state index < -0.39 is 8.07 Å². The van der Waals surface area contributed by atoms with Crippen LogP contribution in [0.1, 0.15) is 33.2 Å². The molecule has 1 aliphatic heterocycles. The van der Waals surface area contributed by atoms with Gasteiger partial charge in [-0.15, -0.1) is 0 Å². The van der Waals surface area contributed by atoms with E-state index in [1.54, 1.807) is 40.7 Å². The SMILES string of the molecule is C[Si]1(C)c2c(C3=C(CCO)C=CC3)cc3c(c21)[CH]([Zr+2])c1ccccc1-3.[Cl-].[Cl-]. The van der Waals surface area contributed by atoms with Gasteiger partial charge in [-0.1, -0.05) is 0 Å². The summed E-state index contributed by atoms with van der Waals surface area (Å²) in [6.07, 6.45) is 6.28. The molecule has 137 valence electrons. The molecule has 0 radical (unpaired) electrons. The van der Waals surface area contributed by atoms with Gasteiger partial charge in [0.2, 0.25) is 0 Å². The van der Waals surface area contributed by atoms with E-state index in [4.69, 9.17) is 0 Å². The third kappa shape index (κ3) is 2.93. The molecule has 2 aliphatic carbocycles. The minimum absolute atomic E-state index is 0. The number of aliphatic hydroxyl groups excluding tert-OH is 1. The summed E-state index contributed by atoms with van der Waals surface area (Å²) in [6, 6.07) is 11.5. The van der Waals surface area contributed by atoms with Crippen molar-refractivity contribution in [3.63, 3.8) is 0 Å². The summed E-state index contributed by atoms with van der Waals surface area (Å²) in [7, 11) is -1.41. The second-order valence-corrected chi connectivity index (χ2v) is 13.5. The second kappa shape index (κ2) is 7.43. The van der Waals surface area contributed by atoms with E-state index in [0.29, 0.717) is 3.63 Å². The van der Waals surface area contributed by atoms with Crippen LogP contribution in [0.5, 0.6) is 0 Å². The van der Waals surface area contributed by atoms with Gasteiger partial charge in [0.1, 0.15) is 0 Å². The quantitative estimate of drug-likeness (QED) is 0.473. The van der Waals surface area contributed by atoms with Crippen molar-refractivity contribution in [2.75, 3.05) is 6.61 Å². The average molecular weight is 492 g/mol. The molecule has 1 unspecified atom stereocenters. The molecule has 2 aromatic rings. The van der Waals surface area contributed by atoms with E-state index in [9.17, 15) is 5.11 Å². The van der Waals surface area contributed by atoms with Gasteiger partial charge < -0.3 is 24.8 Å². The number of allylic oxidation sites excluding steroid dienone is 3. The van der Waals surface area contributed by atoms with Crippen molar-refractivity contribution in [3.05, 3.63) is 64.7 Å². The Bertz CT molecular complexity index is 994. The Morgan fingerprint density at radius 3 is 2.56 bits per heavy atom. The molecule has 5 rings (SSSR count). The van der Waals surface area contributed by atoms with E-state index >= 15 is 0 Å². The van der Waals surface area contributed by atoms with Crippen LogP contribution in [0.4, 0.5) is 0 Å². The molecule has 1 heterocycles. The second-order valence-electron chi connectivity index (χ2n) is 7.86. The summed E-state index contributed by atoms with van der Waals surface area (Å²) in [5, 5.41) is 12.9. The number of hydrogen-bond donors (Lipinski definition) is 1. The molecule has 0 bridgehead atoms. The van der Waals surface area contributed by atoms with Crippen LogP contribution in [-0.4, -0.2) is 19.8 Å². The van der Waals surface area contributed by atoms with Gasteiger partial charge in [0.05, 0.1) is 0 Å². The van der Waals surface area contributed by atoms with E-state index in [0.717, 1.165) is 12.8 Å². The van der Waals surface area contributed by atoms with Crippen LogP contribution in [-0.2, 0) is 24.7 Å². The number of benzene rings is 2. The zero-order valence-corrected chi connectivity index (χ0v) is 20.4. The van der Waals surface area contributed by atoms with Crippen molar-refractivity contribution in [3.8, 4) is 11.1 Å². The summed E-state index contributed by atoms with van der Waals surface area (Å²) in [5.41, 5.74) is 10.4. The molecule has 0 saturated carbocycles. The summed E-state index contributed by atoms with van der Waals surface area (Å²) in [5.74, 6) is 0. The van der Waals surface area contributed by atoms with Gasteiger partial charge >= 0.3 is 166 Å². The van der Waals surface area contributed by atoms with Gasteiger partial charge in [-0.3, -0.25) is 0 Å². The summed E-state index contributed by atoms with van der Waals surface area (Å²) < 4.78 is 0.614. The molecule has 1 N–H and O–H groups in total. The van der Waals surface area contributed by atoms with Crippen molar-refractivity contribution in [1.82, 2.24) is 0 Å². The molecule has 1 atom stereocenters. The maximum absolute atomic E-state index is 9.44. The smallest absolute Gasteiger partial charge is 1.00 e. The summed E-state index contributed by atoms with van der Waals surface area (Å²) >= 11 is 1.61. The maximum atomic E-state index is 9.44. The van der Waals surface area contributed by atoms with Crippen molar-refractivity contribution in [2.24, 2.45) is 0 Å². The van der Waals surface area contributed by atoms with Gasteiger partial charge in [-0.25, -0.2) is 0 Å². The van der Waals surface area contributed by atoms with Gasteiger partial charge in [0.25, 0.3) is 0 Å². The molecule has 0 spiro atoms. The predicted molar refractivity (Wildman–Crippen MR) is 103 cm³/mol. The van der Waals surface area contributed by atoms with Crippen LogP contribution in [0.2, 0.25) is 13.1 Å². The predicted octanol–water partition coefficient (Wildman–Crippen LogP) is -2.46. The Labute approximate surface area is 189 Å². The normalized spacial score (nSPS) is 19.8. The van der Waals surface area contributed by atoms with E-state index in [-0.39, 0.29) is 31.4 Å². The Balaban J connectivity index is 0.00000105. The fourth-order valence-corrected chi connectivity index (χ4v) is 10.5. The van der Waals surface area contributed by atoms with Crippen LogP contribution in [0.15, 0.2) is 48.1 Å². The monoisotopic (exact) mass is 489 g/mol. The first kappa shape index (κ1) is 21.3. The zero-order chi connectivity index (χ0) is 17.3. The first-order chi connectivity index (χ1) is 12.1. The van der Waals surface area contributed by atoms with Crippen molar-refractivity contribution < 1.29 is 54.6 Å². The first-order valence-electron chi connectivity index (χ1n) is 9.07. The third-order valence-corrected chi connectivity index (χ3v) is 10.9. The van der Waals surface area contributed by atoms with E-state index in [1.165, 1.54) is 33.4 Å². The standard InChI is InChI=1S/C22H21OSi.2ClH.Zr/c1-24(2)21-19-12-15-6-3-4-8-17(15)18(19)13-20(22(21)24)16-9-5-7-14(16)10-11-23;;;/h3-8,12-13,23H,9-11H2,1-2H3;2*1H;/q;;;+2/p-2. The van der Waals surface area contributed by atoms with Crippen LogP contribution in [0.25, 0.3) is 16.7 Å². The number of aliphatic hydroxyl groups is 1. The molecule has 27 heavy (non-hydrogen) atoms. The number of fused-ring (bicyclic) bond motifs is 5. The molecular formula is C22H21Cl2OSiZr. The molecule has 2 aromatic carbocycles. The minimum Gasteiger partial charge on any atom is -1.00 e. The molecule has 1 nitrogen and oxygen atoms in total. The van der Waals surface area contributed by atoms with Gasteiger partial charge in [0.15, 0.2) is 0 Å². The van der Waals surface area contributed by atoms with Crippen LogP contribution < -0.4 is 35.2 Å². The number of hydrogen-bond acceptors (Lipinski definition) is 1. The minimum atomic E-state index is -1.41. The molecule has 0 aromatic heterocycles. The molecule has 3 aliphatic rings. The fourth-order valence-electron chi connectivity index (χ4n) is 4.94. The van der Waals surface area contributed by atoms with Crippen molar-refractivity contribution >= 4 is 24.0 Å². The largest absolute Gasteiger partial charge is 1.00 e. The third-order valence-electron chi connectivity index (χ3n) is 6.14. The van der Waals surface area contributed by atoms with E-state index in [2.05, 4.69) is 55.6 Å². The summed E-state index contributed by atoms with van der Waals surface area (Å²) in [6.45, 7) is 5.27. The first-order valence-corrected chi connectivity index (χ1v) is 13.5. The van der Waals surface area contributed by atoms with Gasteiger partial charge in [-0.2, -0.15) is 0 Å². The van der Waals surface area contributed by atoms with Gasteiger partial charge in [-0.05, 0) is 0 Å². The molecular weight excluding hydrogens is 470 g/mol. The average Bonchev–Trinajstić information content (AvgIpc) is 2.92. The number of halogens is 2. The van der Waals surface area contributed by atoms with Crippen molar-refractivity contribution in [2.45, 2.75) is 29.6 Å². The Morgan fingerprint density at radius 2 is 1.81 bits per heavy atom. The van der Waals surface area contributed by atoms with Crippen LogP contribution in [0.3, 0.4) is 0 Å². The Morgan fingerprint density at radius 1 is 1.07 bits per heavy atom. The number of rotatable bonds is 3.